The molecule has 0 saturated carbocycles. The maximum atomic E-state index is 6.03. The Labute approximate surface area is 167 Å². The summed E-state index contributed by atoms with van der Waals surface area (Å²) >= 11 is 0. The lowest BCUT2D eigenvalue weighted by atomic mass is 10.2. The summed E-state index contributed by atoms with van der Waals surface area (Å²) in [5.74, 6) is 2.77. The van der Waals surface area contributed by atoms with E-state index in [4.69, 9.17) is 9.47 Å². The highest BCUT2D eigenvalue weighted by molar-refractivity contribution is 5.60. The first kappa shape index (κ1) is 20.2. The molecule has 152 valence electrons. The van der Waals surface area contributed by atoms with Gasteiger partial charge in [-0.15, -0.1) is 0 Å². The average Bonchev–Trinajstić information content (AvgIpc) is 3.09. The molecule has 0 amide bonds. The van der Waals surface area contributed by atoms with Crippen LogP contribution in [0.5, 0.6) is 11.5 Å². The van der Waals surface area contributed by atoms with Gasteiger partial charge in [0.1, 0.15) is 5.82 Å². The largest absolute Gasteiger partial charge is 0.493 e. The maximum absolute atomic E-state index is 6.03. The van der Waals surface area contributed by atoms with Crippen LogP contribution < -0.4 is 20.1 Å². The van der Waals surface area contributed by atoms with Crippen molar-refractivity contribution in [2.75, 3.05) is 44.5 Å². The van der Waals surface area contributed by atoms with Crippen LogP contribution in [-0.4, -0.2) is 54.8 Å². The van der Waals surface area contributed by atoms with Gasteiger partial charge < -0.3 is 25.0 Å². The quantitative estimate of drug-likeness (QED) is 0.636. The Bertz CT molecular complexity index is 783. The minimum Gasteiger partial charge on any atom is -0.493 e. The Morgan fingerprint density at radius 2 is 2.07 bits per heavy atom. The number of methoxy groups -OCH3 is 1. The van der Waals surface area contributed by atoms with Crippen LogP contribution in [0.1, 0.15) is 31.9 Å². The molecule has 1 fully saturated rings. The van der Waals surface area contributed by atoms with Crippen LogP contribution in [0.3, 0.4) is 0 Å². The first-order valence-electron chi connectivity index (χ1n) is 9.94. The van der Waals surface area contributed by atoms with Gasteiger partial charge in [-0.1, -0.05) is 0 Å². The number of benzene rings is 1. The lowest BCUT2D eigenvalue weighted by Crippen LogP contribution is -2.28. The Morgan fingerprint density at radius 3 is 2.79 bits per heavy atom. The van der Waals surface area contributed by atoms with Crippen LogP contribution in [0.25, 0.3) is 0 Å². The fourth-order valence-corrected chi connectivity index (χ4v) is 3.52. The standard InChI is InChI=1S/C21H31N5O2/c1-15-13-20(22-3)25-21(23-15)24-17-8-9-18(27-4)19(14-17)28-12-6-11-26-10-5-7-16(26)2/h8-9,13-14,16H,5-7,10-12H2,1-4H3,(H2,22,23,24,25). The molecule has 2 heterocycles. The molecule has 1 unspecified atom stereocenters. The van der Waals surface area contributed by atoms with Crippen molar-refractivity contribution in [1.29, 1.82) is 0 Å². The van der Waals surface area contributed by atoms with E-state index in [0.29, 0.717) is 18.6 Å². The van der Waals surface area contributed by atoms with Crippen LogP contribution in [-0.2, 0) is 0 Å². The first-order chi connectivity index (χ1) is 13.6. The molecule has 1 atom stereocenters. The fourth-order valence-electron chi connectivity index (χ4n) is 3.52. The predicted molar refractivity (Wildman–Crippen MR) is 113 cm³/mol. The first-order valence-corrected chi connectivity index (χ1v) is 9.94. The molecule has 1 aliphatic heterocycles. The monoisotopic (exact) mass is 385 g/mol. The van der Waals surface area contributed by atoms with Crippen molar-refractivity contribution >= 4 is 17.5 Å². The van der Waals surface area contributed by atoms with Gasteiger partial charge in [-0.05, 0) is 51.8 Å². The summed E-state index contributed by atoms with van der Waals surface area (Å²) in [6.07, 6.45) is 3.61. The zero-order valence-electron chi connectivity index (χ0n) is 17.3. The van der Waals surface area contributed by atoms with Crippen LogP contribution >= 0.6 is 0 Å². The van der Waals surface area contributed by atoms with Crippen molar-refractivity contribution in [3.05, 3.63) is 30.0 Å². The smallest absolute Gasteiger partial charge is 0.229 e. The molecular weight excluding hydrogens is 354 g/mol. The van der Waals surface area contributed by atoms with Crippen LogP contribution in [0, 0.1) is 6.92 Å². The van der Waals surface area contributed by atoms with Crippen molar-refractivity contribution < 1.29 is 9.47 Å². The van der Waals surface area contributed by atoms with E-state index in [1.165, 1.54) is 19.4 Å². The number of ether oxygens (including phenoxy) is 2. The van der Waals surface area contributed by atoms with E-state index < -0.39 is 0 Å². The molecule has 1 aromatic carbocycles. The van der Waals surface area contributed by atoms with Gasteiger partial charge in [0.05, 0.1) is 13.7 Å². The van der Waals surface area contributed by atoms with Gasteiger partial charge in [-0.2, -0.15) is 4.98 Å². The number of anilines is 3. The summed E-state index contributed by atoms with van der Waals surface area (Å²) in [4.78, 5) is 11.4. The molecule has 28 heavy (non-hydrogen) atoms. The third-order valence-electron chi connectivity index (χ3n) is 5.07. The van der Waals surface area contributed by atoms with Crippen molar-refractivity contribution in [3.8, 4) is 11.5 Å². The predicted octanol–water partition coefficient (Wildman–Crippen LogP) is 3.83. The van der Waals surface area contributed by atoms with Gasteiger partial charge in [0.2, 0.25) is 5.95 Å². The van der Waals surface area contributed by atoms with Gasteiger partial charge in [0.15, 0.2) is 11.5 Å². The molecule has 0 bridgehead atoms. The van der Waals surface area contributed by atoms with Gasteiger partial charge in [-0.3, -0.25) is 0 Å². The maximum Gasteiger partial charge on any atom is 0.229 e. The number of nitrogens with one attached hydrogen (secondary N) is 2. The molecule has 1 aliphatic rings. The second-order valence-electron chi connectivity index (χ2n) is 7.19. The minimum absolute atomic E-state index is 0.545. The third kappa shape index (κ3) is 5.25. The van der Waals surface area contributed by atoms with Crippen molar-refractivity contribution in [3.63, 3.8) is 0 Å². The Morgan fingerprint density at radius 1 is 1.21 bits per heavy atom. The number of likely N-dealkylation sites (tertiary alicyclic amines) is 1. The molecule has 1 saturated heterocycles. The molecule has 1 aromatic heterocycles. The minimum atomic E-state index is 0.545. The van der Waals surface area contributed by atoms with E-state index in [2.05, 4.69) is 32.4 Å². The van der Waals surface area contributed by atoms with Gasteiger partial charge in [0.25, 0.3) is 0 Å². The molecule has 0 spiro atoms. The molecule has 0 aliphatic carbocycles. The summed E-state index contributed by atoms with van der Waals surface area (Å²) < 4.78 is 11.5. The van der Waals surface area contributed by atoms with E-state index in [1.807, 2.05) is 38.2 Å². The molecule has 0 radical (unpaired) electrons. The SMILES string of the molecule is CNc1cc(C)nc(Nc2ccc(OC)c(OCCCN3CCCC3C)c2)n1. The Kier molecular flexibility index (Phi) is 6.92. The molecule has 3 rings (SSSR count). The Hall–Kier alpha value is -2.54. The van der Waals surface area contributed by atoms with Gasteiger partial charge in [-0.25, -0.2) is 4.98 Å². The summed E-state index contributed by atoms with van der Waals surface area (Å²) in [7, 11) is 3.50. The zero-order valence-corrected chi connectivity index (χ0v) is 17.3. The zero-order chi connectivity index (χ0) is 19.9. The molecule has 2 N–H and O–H groups in total. The number of hydrogen-bond acceptors (Lipinski definition) is 7. The highest BCUT2D eigenvalue weighted by Gasteiger charge is 2.19. The number of rotatable bonds is 9. The van der Waals surface area contributed by atoms with E-state index in [1.54, 1.807) is 7.11 Å². The second-order valence-corrected chi connectivity index (χ2v) is 7.19. The van der Waals surface area contributed by atoms with Crippen LogP contribution in [0.15, 0.2) is 24.3 Å². The number of nitrogens with zero attached hydrogens (tertiary/aromatic N) is 3. The highest BCUT2D eigenvalue weighted by Crippen LogP contribution is 2.31. The molecular formula is C21H31N5O2. The summed E-state index contributed by atoms with van der Waals surface area (Å²) in [6, 6.07) is 8.35. The Balaban J connectivity index is 1.62. The van der Waals surface area contributed by atoms with Crippen LogP contribution in [0.2, 0.25) is 0 Å². The average molecular weight is 386 g/mol. The highest BCUT2D eigenvalue weighted by atomic mass is 16.5. The summed E-state index contributed by atoms with van der Waals surface area (Å²) in [5.41, 5.74) is 1.75. The number of hydrogen-bond donors (Lipinski definition) is 2. The molecule has 7 nitrogen and oxygen atoms in total. The summed E-state index contributed by atoms with van der Waals surface area (Å²) in [5, 5.41) is 6.29. The second kappa shape index (κ2) is 9.59. The fraction of sp³-hybridized carbons (Fsp3) is 0.524. The van der Waals surface area contributed by atoms with Crippen LogP contribution in [0.4, 0.5) is 17.5 Å². The lowest BCUT2D eigenvalue weighted by Gasteiger charge is -2.21. The van der Waals surface area contributed by atoms with Crippen molar-refractivity contribution in [1.82, 2.24) is 14.9 Å². The van der Waals surface area contributed by atoms with Crippen molar-refractivity contribution in [2.24, 2.45) is 0 Å². The van der Waals surface area contributed by atoms with E-state index in [9.17, 15) is 0 Å². The van der Waals surface area contributed by atoms with Gasteiger partial charge >= 0.3 is 0 Å². The van der Waals surface area contributed by atoms with E-state index in [-0.39, 0.29) is 0 Å². The van der Waals surface area contributed by atoms with E-state index in [0.717, 1.165) is 41.7 Å². The summed E-state index contributed by atoms with van der Waals surface area (Å²) in [6.45, 7) is 7.19. The molecule has 2 aromatic rings. The third-order valence-corrected chi connectivity index (χ3v) is 5.07. The van der Waals surface area contributed by atoms with Crippen molar-refractivity contribution in [2.45, 2.75) is 39.2 Å². The van der Waals surface area contributed by atoms with Gasteiger partial charge in [0, 0.05) is 43.1 Å². The molecule has 7 heteroatoms. The normalized spacial score (nSPS) is 16.8. The lowest BCUT2D eigenvalue weighted by molar-refractivity contribution is 0.226. The van der Waals surface area contributed by atoms with E-state index >= 15 is 0 Å². The topological polar surface area (TPSA) is 71.5 Å². The number of aryl methyl sites for hydroxylation is 1. The number of aromatic nitrogens is 2.